The van der Waals surface area contributed by atoms with E-state index in [1.165, 1.54) is 12.1 Å². The first-order chi connectivity index (χ1) is 8.91. The second kappa shape index (κ2) is 7.58. The van der Waals surface area contributed by atoms with Crippen LogP contribution in [-0.4, -0.2) is 37.2 Å². The summed E-state index contributed by atoms with van der Waals surface area (Å²) < 4.78 is 18.4. The van der Waals surface area contributed by atoms with Gasteiger partial charge in [-0.15, -0.1) is 0 Å². The predicted molar refractivity (Wildman–Crippen MR) is 76.5 cm³/mol. The smallest absolute Gasteiger partial charge is 0.123 e. The second-order valence-electron chi connectivity index (χ2n) is 5.22. The lowest BCUT2D eigenvalue weighted by Crippen LogP contribution is -2.40. The molecule has 0 aliphatic heterocycles. The lowest BCUT2D eigenvalue weighted by Gasteiger charge is -2.30. The zero-order valence-electron chi connectivity index (χ0n) is 12.3. The van der Waals surface area contributed by atoms with Crippen molar-refractivity contribution in [1.29, 1.82) is 0 Å². The van der Waals surface area contributed by atoms with Crippen LogP contribution in [0, 0.1) is 5.82 Å². The van der Waals surface area contributed by atoms with Gasteiger partial charge in [0.05, 0.1) is 12.7 Å². The molecule has 0 saturated heterocycles. The summed E-state index contributed by atoms with van der Waals surface area (Å²) in [5.74, 6) is -0.234. The summed E-state index contributed by atoms with van der Waals surface area (Å²) in [6, 6.07) is 6.42. The third-order valence-electron chi connectivity index (χ3n) is 3.37. The maximum atomic E-state index is 12.9. The molecular formula is C15H25FN2O. The van der Waals surface area contributed by atoms with E-state index in [1.807, 2.05) is 20.9 Å². The summed E-state index contributed by atoms with van der Waals surface area (Å²) in [6.45, 7) is 7.63. The molecule has 0 aliphatic carbocycles. The Bertz CT molecular complexity index is 367. The molecule has 0 heterocycles. The molecule has 0 bridgehead atoms. The Balaban J connectivity index is 2.51. The number of ether oxygens (including phenoxy) is 1. The highest BCUT2D eigenvalue weighted by atomic mass is 19.1. The van der Waals surface area contributed by atoms with Gasteiger partial charge in [-0.3, -0.25) is 4.90 Å². The molecule has 3 nitrogen and oxygen atoms in total. The minimum absolute atomic E-state index is 0.135. The highest BCUT2D eigenvalue weighted by Crippen LogP contribution is 2.18. The van der Waals surface area contributed by atoms with Crippen LogP contribution in [0.4, 0.5) is 4.39 Å². The number of hydrogen-bond donors (Lipinski definition) is 1. The third-order valence-corrected chi connectivity index (χ3v) is 3.37. The third kappa shape index (κ3) is 5.27. The maximum absolute atomic E-state index is 12.9. The van der Waals surface area contributed by atoms with E-state index >= 15 is 0 Å². The highest BCUT2D eigenvalue weighted by molar-refractivity contribution is 5.20. The van der Waals surface area contributed by atoms with Gasteiger partial charge in [0.1, 0.15) is 5.82 Å². The van der Waals surface area contributed by atoms with Gasteiger partial charge in [-0.1, -0.05) is 12.1 Å². The minimum atomic E-state index is -0.234. The summed E-state index contributed by atoms with van der Waals surface area (Å²) in [4.78, 5) is 2.16. The Hall–Kier alpha value is -0.970. The molecular weight excluding hydrogens is 243 g/mol. The van der Waals surface area contributed by atoms with Crippen molar-refractivity contribution in [3.63, 3.8) is 0 Å². The molecule has 2 unspecified atom stereocenters. The van der Waals surface area contributed by atoms with Gasteiger partial charge < -0.3 is 10.5 Å². The highest BCUT2D eigenvalue weighted by Gasteiger charge is 2.19. The molecule has 0 radical (unpaired) electrons. The van der Waals surface area contributed by atoms with Crippen molar-refractivity contribution in [3.8, 4) is 0 Å². The molecule has 2 atom stereocenters. The van der Waals surface area contributed by atoms with Crippen molar-refractivity contribution in [2.75, 3.05) is 20.2 Å². The van der Waals surface area contributed by atoms with E-state index in [0.29, 0.717) is 6.61 Å². The van der Waals surface area contributed by atoms with Crippen LogP contribution in [0.2, 0.25) is 0 Å². The van der Waals surface area contributed by atoms with Gasteiger partial charge in [0.2, 0.25) is 0 Å². The average Bonchev–Trinajstić information content (AvgIpc) is 2.37. The molecule has 108 valence electrons. The van der Waals surface area contributed by atoms with Crippen LogP contribution >= 0.6 is 0 Å². The van der Waals surface area contributed by atoms with Crippen LogP contribution in [0.15, 0.2) is 24.3 Å². The van der Waals surface area contributed by atoms with Crippen LogP contribution in [0.5, 0.6) is 0 Å². The molecule has 4 heteroatoms. The summed E-state index contributed by atoms with van der Waals surface area (Å²) in [5.41, 5.74) is 7.17. The number of halogens is 1. The Morgan fingerprint density at radius 2 is 1.79 bits per heavy atom. The van der Waals surface area contributed by atoms with Crippen molar-refractivity contribution in [1.82, 2.24) is 4.90 Å². The molecule has 1 aromatic rings. The minimum Gasteiger partial charge on any atom is -0.377 e. The average molecular weight is 268 g/mol. The summed E-state index contributed by atoms with van der Waals surface area (Å²) >= 11 is 0. The van der Waals surface area contributed by atoms with E-state index in [4.69, 9.17) is 10.5 Å². The lowest BCUT2D eigenvalue weighted by atomic mass is 10.0. The fraction of sp³-hybridized carbons (Fsp3) is 0.600. The molecule has 1 rings (SSSR count). The van der Waals surface area contributed by atoms with Crippen molar-refractivity contribution < 1.29 is 9.13 Å². The van der Waals surface area contributed by atoms with Gasteiger partial charge >= 0.3 is 0 Å². The number of hydrogen-bond acceptors (Lipinski definition) is 3. The van der Waals surface area contributed by atoms with E-state index in [9.17, 15) is 4.39 Å². The van der Waals surface area contributed by atoms with Crippen LogP contribution in [0.25, 0.3) is 0 Å². The number of nitrogens with two attached hydrogens (primary N) is 1. The number of benzene rings is 1. The molecule has 0 saturated carbocycles. The molecule has 2 N–H and O–H groups in total. The first-order valence-electron chi connectivity index (χ1n) is 6.74. The van der Waals surface area contributed by atoms with Gasteiger partial charge in [0.15, 0.2) is 0 Å². The van der Waals surface area contributed by atoms with Crippen LogP contribution in [0.3, 0.4) is 0 Å². The first kappa shape index (κ1) is 16.1. The van der Waals surface area contributed by atoms with E-state index in [-0.39, 0.29) is 24.0 Å². The van der Waals surface area contributed by atoms with Gasteiger partial charge in [-0.2, -0.15) is 0 Å². The fourth-order valence-electron chi connectivity index (χ4n) is 1.87. The van der Waals surface area contributed by atoms with Gasteiger partial charge in [0.25, 0.3) is 0 Å². The van der Waals surface area contributed by atoms with Crippen molar-refractivity contribution in [2.24, 2.45) is 5.73 Å². The summed E-state index contributed by atoms with van der Waals surface area (Å²) in [6.07, 6.45) is 0.245. The Morgan fingerprint density at radius 3 is 2.32 bits per heavy atom. The van der Waals surface area contributed by atoms with E-state index in [1.54, 1.807) is 12.1 Å². The van der Waals surface area contributed by atoms with Crippen LogP contribution in [0.1, 0.15) is 32.4 Å². The van der Waals surface area contributed by atoms with E-state index < -0.39 is 0 Å². The Kier molecular flexibility index (Phi) is 6.42. The van der Waals surface area contributed by atoms with Crippen molar-refractivity contribution in [2.45, 2.75) is 39.0 Å². The number of likely N-dealkylation sites (N-methyl/N-ethyl adjacent to an activating group) is 1. The summed E-state index contributed by atoms with van der Waals surface area (Å²) in [7, 11) is 2.03. The molecule has 1 aromatic carbocycles. The molecule has 0 aliphatic rings. The van der Waals surface area contributed by atoms with Gasteiger partial charge in [-0.05, 0) is 45.5 Å². The van der Waals surface area contributed by atoms with Crippen molar-refractivity contribution >= 4 is 0 Å². The molecule has 19 heavy (non-hydrogen) atoms. The second-order valence-corrected chi connectivity index (χ2v) is 5.22. The van der Waals surface area contributed by atoms with Gasteiger partial charge in [0, 0.05) is 18.6 Å². The SMILES string of the molecule is CC(C)OCCN(C)C(C)C(N)c1ccc(F)cc1. The monoisotopic (exact) mass is 268 g/mol. The molecule has 0 amide bonds. The van der Waals surface area contributed by atoms with E-state index in [0.717, 1.165) is 12.1 Å². The quantitative estimate of drug-likeness (QED) is 0.826. The normalized spacial score (nSPS) is 14.9. The predicted octanol–water partition coefficient (Wildman–Crippen LogP) is 2.57. The van der Waals surface area contributed by atoms with Crippen molar-refractivity contribution in [3.05, 3.63) is 35.6 Å². The van der Waals surface area contributed by atoms with Crippen LogP contribution < -0.4 is 5.73 Å². The topological polar surface area (TPSA) is 38.5 Å². The Morgan fingerprint density at radius 1 is 1.21 bits per heavy atom. The first-order valence-corrected chi connectivity index (χ1v) is 6.74. The van der Waals surface area contributed by atoms with Gasteiger partial charge in [-0.25, -0.2) is 4.39 Å². The fourth-order valence-corrected chi connectivity index (χ4v) is 1.87. The zero-order valence-corrected chi connectivity index (χ0v) is 12.3. The largest absolute Gasteiger partial charge is 0.377 e. The van der Waals surface area contributed by atoms with E-state index in [2.05, 4.69) is 11.8 Å². The maximum Gasteiger partial charge on any atom is 0.123 e. The molecule has 0 aromatic heterocycles. The zero-order chi connectivity index (χ0) is 14.4. The Labute approximate surface area is 115 Å². The standard InChI is InChI=1S/C15H25FN2O/c1-11(2)19-10-9-18(4)12(3)15(17)13-5-7-14(16)8-6-13/h5-8,11-12,15H,9-10,17H2,1-4H3. The molecule has 0 spiro atoms. The molecule has 0 fully saturated rings. The van der Waals surface area contributed by atoms with Crippen LogP contribution in [-0.2, 0) is 4.74 Å². The lowest BCUT2D eigenvalue weighted by molar-refractivity contribution is 0.0549. The number of nitrogens with zero attached hydrogens (tertiary/aromatic N) is 1. The number of rotatable bonds is 7. The summed E-state index contributed by atoms with van der Waals surface area (Å²) in [5, 5.41) is 0.